The van der Waals surface area contributed by atoms with E-state index in [4.69, 9.17) is 13.9 Å². The molecule has 1 aliphatic heterocycles. The van der Waals surface area contributed by atoms with Crippen LogP contribution in [0.2, 0.25) is 0 Å². The molecule has 13 nitrogen and oxygen atoms in total. The van der Waals surface area contributed by atoms with Crippen molar-refractivity contribution in [1.82, 2.24) is 0 Å². The second-order valence-electron chi connectivity index (χ2n) is 7.60. The Hall–Kier alpha value is -3.75. The monoisotopic (exact) mass is 480 g/mol. The van der Waals surface area contributed by atoms with E-state index in [0.717, 1.165) is 24.3 Å². The maximum Gasteiger partial charge on any atom is 0.238 e. The van der Waals surface area contributed by atoms with Gasteiger partial charge in [-0.05, 0) is 12.1 Å². The number of aliphatic hydroxyl groups excluding tert-OH is 4. The lowest BCUT2D eigenvalue weighted by Gasteiger charge is -2.39. The molecule has 0 amide bonds. The number of rotatable bonds is 4. The van der Waals surface area contributed by atoms with Gasteiger partial charge in [0.1, 0.15) is 46.9 Å². The molecule has 182 valence electrons. The first-order valence-electron chi connectivity index (χ1n) is 9.78. The topological polar surface area (TPSA) is 231 Å². The molecule has 0 bridgehead atoms. The van der Waals surface area contributed by atoms with Crippen LogP contribution in [0.15, 0.2) is 33.5 Å². The summed E-state index contributed by atoms with van der Waals surface area (Å²) in [6.45, 7) is -0.738. The molecule has 2 aromatic carbocycles. The summed E-state index contributed by atoms with van der Waals surface area (Å²) in [4.78, 5) is 12.6. The Bertz CT molecular complexity index is 1300. The summed E-state index contributed by atoms with van der Waals surface area (Å²) in [5.41, 5.74) is -1.58. The van der Waals surface area contributed by atoms with Crippen molar-refractivity contribution in [2.75, 3.05) is 6.61 Å². The fourth-order valence-corrected chi connectivity index (χ4v) is 3.57. The minimum absolute atomic E-state index is 0.214. The van der Waals surface area contributed by atoms with E-state index in [-0.39, 0.29) is 11.1 Å². The summed E-state index contributed by atoms with van der Waals surface area (Å²) >= 11 is 0. The summed E-state index contributed by atoms with van der Waals surface area (Å²) in [6.07, 6.45) is -8.31. The Morgan fingerprint density at radius 1 is 0.853 bits per heavy atom. The molecule has 2 heterocycles. The number of aliphatic hydroxyl groups is 4. The van der Waals surface area contributed by atoms with Crippen LogP contribution < -0.4 is 10.2 Å². The predicted molar refractivity (Wildman–Crippen MR) is 111 cm³/mol. The van der Waals surface area contributed by atoms with E-state index in [1.54, 1.807) is 0 Å². The van der Waals surface area contributed by atoms with Crippen LogP contribution in [0.4, 0.5) is 0 Å². The van der Waals surface area contributed by atoms with Crippen LogP contribution in [0.3, 0.4) is 0 Å². The number of fused-ring (bicyclic) bond motifs is 1. The van der Waals surface area contributed by atoms with Crippen molar-refractivity contribution in [3.05, 3.63) is 34.5 Å². The van der Waals surface area contributed by atoms with E-state index < -0.39 is 88.4 Å². The average Bonchev–Trinajstić information content (AvgIpc) is 2.78. The van der Waals surface area contributed by atoms with Gasteiger partial charge < -0.3 is 59.8 Å². The third-order valence-corrected chi connectivity index (χ3v) is 5.34. The molecule has 34 heavy (non-hydrogen) atoms. The van der Waals surface area contributed by atoms with E-state index in [9.17, 15) is 50.8 Å². The van der Waals surface area contributed by atoms with Gasteiger partial charge in [0.05, 0.1) is 6.61 Å². The Kier molecular flexibility index (Phi) is 5.89. The number of hydrogen-bond donors (Lipinski definition) is 9. The first-order chi connectivity index (χ1) is 16.0. The van der Waals surface area contributed by atoms with Gasteiger partial charge in [0.25, 0.3) is 0 Å². The molecule has 1 aliphatic rings. The molecule has 0 spiro atoms. The maximum absolute atomic E-state index is 12.6. The third-order valence-electron chi connectivity index (χ3n) is 5.34. The van der Waals surface area contributed by atoms with Gasteiger partial charge >= 0.3 is 0 Å². The van der Waals surface area contributed by atoms with Gasteiger partial charge in [-0.15, -0.1) is 0 Å². The fraction of sp³-hybridized carbons (Fsp3) is 0.286. The van der Waals surface area contributed by atoms with Crippen molar-refractivity contribution in [3.8, 4) is 45.8 Å². The fourth-order valence-electron chi connectivity index (χ4n) is 3.57. The van der Waals surface area contributed by atoms with Gasteiger partial charge in [-0.25, -0.2) is 0 Å². The highest BCUT2D eigenvalue weighted by Gasteiger charge is 2.45. The first-order valence-corrected chi connectivity index (χ1v) is 9.78. The van der Waals surface area contributed by atoms with Gasteiger partial charge in [-0.2, -0.15) is 0 Å². The molecule has 13 heteroatoms. The highest BCUT2D eigenvalue weighted by molar-refractivity contribution is 5.88. The van der Waals surface area contributed by atoms with Crippen molar-refractivity contribution in [1.29, 1.82) is 0 Å². The largest absolute Gasteiger partial charge is 0.508 e. The summed E-state index contributed by atoms with van der Waals surface area (Å²) < 4.78 is 16.0. The predicted octanol–water partition coefficient (Wildman–Crippen LogP) is -0.833. The minimum atomic E-state index is -1.83. The van der Waals surface area contributed by atoms with Crippen molar-refractivity contribution >= 4 is 11.0 Å². The van der Waals surface area contributed by atoms with Gasteiger partial charge in [-0.3, -0.25) is 4.79 Å². The highest BCUT2D eigenvalue weighted by atomic mass is 16.7. The standard InChI is InChI=1S/C21H20O13/c22-5-12-15(27)17(29)19(31)21(34-12)33-11-2-6(1-9(25)14(11)26)20-18(30)16(28)13-8(24)3-7(23)4-10(13)32-20/h1-4,12,15,17,19,21-27,29-31H,5H2/t12-,15-,17+,19-,21-/m0/s1. The molecular weight excluding hydrogens is 460 g/mol. The van der Waals surface area contributed by atoms with Crippen molar-refractivity contribution in [2.24, 2.45) is 0 Å². The molecule has 1 aromatic heterocycles. The van der Waals surface area contributed by atoms with E-state index in [2.05, 4.69) is 0 Å². The van der Waals surface area contributed by atoms with Gasteiger partial charge in [0.15, 0.2) is 17.3 Å². The van der Waals surface area contributed by atoms with E-state index in [1.807, 2.05) is 0 Å². The van der Waals surface area contributed by atoms with Gasteiger partial charge in [-0.1, -0.05) is 0 Å². The Morgan fingerprint density at radius 2 is 1.56 bits per heavy atom. The molecule has 4 rings (SSSR count). The lowest BCUT2D eigenvalue weighted by atomic mass is 9.99. The van der Waals surface area contributed by atoms with Crippen LogP contribution >= 0.6 is 0 Å². The minimum Gasteiger partial charge on any atom is -0.508 e. The molecule has 0 unspecified atom stereocenters. The second kappa shape index (κ2) is 8.55. The molecule has 0 saturated carbocycles. The van der Waals surface area contributed by atoms with Crippen LogP contribution in [-0.4, -0.2) is 83.3 Å². The maximum atomic E-state index is 12.6. The summed E-state index contributed by atoms with van der Waals surface area (Å²) in [7, 11) is 0. The zero-order valence-corrected chi connectivity index (χ0v) is 17.1. The second-order valence-corrected chi connectivity index (χ2v) is 7.60. The molecule has 5 atom stereocenters. The summed E-state index contributed by atoms with van der Waals surface area (Å²) in [6, 6.07) is 3.77. The molecule has 9 N–H and O–H groups in total. The van der Waals surface area contributed by atoms with Crippen molar-refractivity contribution in [2.45, 2.75) is 30.7 Å². The quantitative estimate of drug-likeness (QED) is 0.208. The molecular formula is C21H20O13. The normalized spacial score (nSPS) is 24.9. The molecule has 0 radical (unpaired) electrons. The van der Waals surface area contributed by atoms with Crippen LogP contribution in [-0.2, 0) is 4.74 Å². The molecule has 0 aliphatic carbocycles. The highest BCUT2D eigenvalue weighted by Crippen LogP contribution is 2.43. The number of hydrogen-bond acceptors (Lipinski definition) is 13. The third kappa shape index (κ3) is 3.81. The number of benzene rings is 2. The SMILES string of the molecule is O=c1c(O)c(-c2cc(O)c(O)c(O[C@H]3O[C@@H](CO)[C@H](O)[C@@H](O)[C@@H]3O)c2)oc2cc(O)cc(O)c12. The lowest BCUT2D eigenvalue weighted by Crippen LogP contribution is -2.60. The molecule has 1 saturated heterocycles. The summed E-state index contributed by atoms with van der Waals surface area (Å²) in [5, 5.41) is 89.1. The Labute approximate surface area is 189 Å². The van der Waals surface area contributed by atoms with Crippen molar-refractivity contribution in [3.63, 3.8) is 0 Å². The van der Waals surface area contributed by atoms with Crippen LogP contribution in [0, 0.1) is 0 Å². The summed E-state index contributed by atoms with van der Waals surface area (Å²) in [5.74, 6) is -4.80. The van der Waals surface area contributed by atoms with E-state index in [0.29, 0.717) is 0 Å². The van der Waals surface area contributed by atoms with Crippen LogP contribution in [0.1, 0.15) is 0 Å². The van der Waals surface area contributed by atoms with Crippen LogP contribution in [0.25, 0.3) is 22.3 Å². The van der Waals surface area contributed by atoms with Crippen molar-refractivity contribution < 1.29 is 59.8 Å². The zero-order valence-electron chi connectivity index (χ0n) is 17.1. The Morgan fingerprint density at radius 3 is 2.24 bits per heavy atom. The Balaban J connectivity index is 1.79. The lowest BCUT2D eigenvalue weighted by molar-refractivity contribution is -0.277. The van der Waals surface area contributed by atoms with Gasteiger partial charge in [0, 0.05) is 17.7 Å². The van der Waals surface area contributed by atoms with Gasteiger partial charge in [0.2, 0.25) is 23.2 Å². The first kappa shape index (κ1) is 23.4. The number of phenols is 4. The molecule has 1 fully saturated rings. The smallest absolute Gasteiger partial charge is 0.238 e. The zero-order chi connectivity index (χ0) is 24.9. The number of aromatic hydroxyl groups is 5. The molecule has 3 aromatic rings. The van der Waals surface area contributed by atoms with E-state index >= 15 is 0 Å². The average molecular weight is 480 g/mol. The number of phenolic OH excluding ortho intramolecular Hbond substituents is 4. The van der Waals surface area contributed by atoms with Crippen LogP contribution in [0.5, 0.6) is 34.5 Å². The number of ether oxygens (including phenoxy) is 2. The van der Waals surface area contributed by atoms with E-state index in [1.165, 1.54) is 0 Å².